The standard InChI is InChI=1S/C16H15BrF2O2/c1-9-7-11(10(2)20)3-6-15(9)21-8-12-14(18)5-4-13(17)16(12)19/h3-7,10,20H,8H2,1-2H3/t10-/m0/s1. The Labute approximate surface area is 130 Å². The van der Waals surface area contributed by atoms with Gasteiger partial charge < -0.3 is 9.84 Å². The third-order valence-electron chi connectivity index (χ3n) is 3.19. The number of aliphatic hydroxyl groups excluding tert-OH is 1. The van der Waals surface area contributed by atoms with Crippen LogP contribution in [0, 0.1) is 18.6 Å². The Morgan fingerprint density at radius 2 is 1.95 bits per heavy atom. The topological polar surface area (TPSA) is 29.5 Å². The van der Waals surface area contributed by atoms with Crippen LogP contribution >= 0.6 is 15.9 Å². The Morgan fingerprint density at radius 1 is 1.24 bits per heavy atom. The first-order chi connectivity index (χ1) is 9.90. The van der Waals surface area contributed by atoms with E-state index in [0.717, 1.165) is 11.1 Å². The molecule has 0 bridgehead atoms. The molecule has 0 unspecified atom stereocenters. The Kier molecular flexibility index (Phi) is 4.96. The van der Waals surface area contributed by atoms with Gasteiger partial charge in [-0.1, -0.05) is 6.07 Å². The van der Waals surface area contributed by atoms with Crippen LogP contribution in [0.3, 0.4) is 0 Å². The highest BCUT2D eigenvalue weighted by Gasteiger charge is 2.14. The summed E-state index contributed by atoms with van der Waals surface area (Å²) in [5.74, 6) is -0.777. The second-order valence-corrected chi connectivity index (χ2v) is 5.67. The highest BCUT2D eigenvalue weighted by molar-refractivity contribution is 9.10. The molecule has 21 heavy (non-hydrogen) atoms. The number of halogens is 3. The van der Waals surface area contributed by atoms with Crippen molar-refractivity contribution in [1.29, 1.82) is 0 Å². The van der Waals surface area contributed by atoms with E-state index in [1.807, 2.05) is 6.92 Å². The molecular formula is C16H15BrF2O2. The fourth-order valence-corrected chi connectivity index (χ4v) is 2.32. The van der Waals surface area contributed by atoms with Gasteiger partial charge in [0.15, 0.2) is 0 Å². The van der Waals surface area contributed by atoms with Gasteiger partial charge >= 0.3 is 0 Å². The van der Waals surface area contributed by atoms with Crippen LogP contribution in [0.15, 0.2) is 34.8 Å². The molecule has 0 saturated heterocycles. The summed E-state index contributed by atoms with van der Waals surface area (Å²) in [7, 11) is 0. The van der Waals surface area contributed by atoms with Crippen LogP contribution in [0.2, 0.25) is 0 Å². The third-order valence-corrected chi connectivity index (χ3v) is 3.80. The van der Waals surface area contributed by atoms with Crippen molar-refractivity contribution in [2.75, 3.05) is 0 Å². The monoisotopic (exact) mass is 356 g/mol. The highest BCUT2D eigenvalue weighted by Crippen LogP contribution is 2.26. The van der Waals surface area contributed by atoms with Crippen LogP contribution in [0.4, 0.5) is 8.78 Å². The molecule has 0 fully saturated rings. The van der Waals surface area contributed by atoms with E-state index in [1.54, 1.807) is 25.1 Å². The van der Waals surface area contributed by atoms with Gasteiger partial charge in [0, 0.05) is 0 Å². The zero-order valence-corrected chi connectivity index (χ0v) is 13.2. The van der Waals surface area contributed by atoms with Crippen molar-refractivity contribution >= 4 is 15.9 Å². The summed E-state index contributed by atoms with van der Waals surface area (Å²) < 4.78 is 33.2. The highest BCUT2D eigenvalue weighted by atomic mass is 79.9. The Balaban J connectivity index is 2.19. The van der Waals surface area contributed by atoms with E-state index < -0.39 is 17.7 Å². The number of aliphatic hydroxyl groups is 1. The van der Waals surface area contributed by atoms with Crippen molar-refractivity contribution in [3.8, 4) is 5.75 Å². The molecular weight excluding hydrogens is 342 g/mol. The molecule has 1 atom stereocenters. The molecule has 0 saturated carbocycles. The molecule has 0 aliphatic carbocycles. The van der Waals surface area contributed by atoms with E-state index in [9.17, 15) is 13.9 Å². The predicted octanol–water partition coefficient (Wildman–Crippen LogP) is 4.67. The van der Waals surface area contributed by atoms with Crippen LogP contribution in [-0.2, 0) is 6.61 Å². The normalized spacial score (nSPS) is 12.3. The molecule has 2 rings (SSSR count). The molecule has 0 aliphatic rings. The van der Waals surface area contributed by atoms with Crippen molar-refractivity contribution in [3.63, 3.8) is 0 Å². The van der Waals surface area contributed by atoms with Gasteiger partial charge in [-0.15, -0.1) is 0 Å². The van der Waals surface area contributed by atoms with Crippen molar-refractivity contribution in [1.82, 2.24) is 0 Å². The second-order valence-electron chi connectivity index (χ2n) is 4.81. The molecule has 2 aromatic rings. The minimum atomic E-state index is -0.659. The van der Waals surface area contributed by atoms with Gasteiger partial charge in [-0.3, -0.25) is 0 Å². The molecule has 0 radical (unpaired) electrons. The largest absolute Gasteiger partial charge is 0.488 e. The fraction of sp³-hybridized carbons (Fsp3) is 0.250. The smallest absolute Gasteiger partial charge is 0.146 e. The van der Waals surface area contributed by atoms with Crippen molar-refractivity contribution in [3.05, 3.63) is 63.1 Å². The van der Waals surface area contributed by atoms with E-state index in [0.29, 0.717) is 5.75 Å². The Hall–Kier alpha value is -1.46. The molecule has 0 heterocycles. The van der Waals surface area contributed by atoms with Crippen LogP contribution in [-0.4, -0.2) is 5.11 Å². The maximum absolute atomic E-state index is 13.8. The number of aryl methyl sites for hydroxylation is 1. The lowest BCUT2D eigenvalue weighted by atomic mass is 10.1. The van der Waals surface area contributed by atoms with Gasteiger partial charge in [0.25, 0.3) is 0 Å². The number of hydrogen-bond acceptors (Lipinski definition) is 2. The van der Waals surface area contributed by atoms with Gasteiger partial charge in [0.1, 0.15) is 24.0 Å². The van der Waals surface area contributed by atoms with Gasteiger partial charge in [0.05, 0.1) is 16.1 Å². The SMILES string of the molecule is Cc1cc([C@H](C)O)ccc1OCc1c(F)ccc(Br)c1F. The van der Waals surface area contributed by atoms with E-state index in [4.69, 9.17) is 4.74 Å². The third kappa shape index (κ3) is 3.60. The summed E-state index contributed by atoms with van der Waals surface area (Å²) in [5.41, 5.74) is 1.44. The minimum absolute atomic E-state index is 0.122. The molecule has 0 spiro atoms. The maximum Gasteiger partial charge on any atom is 0.146 e. The molecule has 0 amide bonds. The number of benzene rings is 2. The summed E-state index contributed by atoms with van der Waals surface area (Å²) >= 11 is 3.02. The van der Waals surface area contributed by atoms with Crippen LogP contribution in [0.1, 0.15) is 29.7 Å². The van der Waals surface area contributed by atoms with Crippen molar-refractivity contribution < 1.29 is 18.6 Å². The van der Waals surface area contributed by atoms with E-state index >= 15 is 0 Å². The molecule has 5 heteroatoms. The second kappa shape index (κ2) is 6.54. The summed E-state index contributed by atoms with van der Waals surface area (Å²) in [6.07, 6.45) is -0.572. The lowest BCUT2D eigenvalue weighted by molar-refractivity contribution is 0.199. The Morgan fingerprint density at radius 3 is 2.57 bits per heavy atom. The van der Waals surface area contributed by atoms with E-state index in [2.05, 4.69) is 15.9 Å². The molecule has 0 aromatic heterocycles. The average Bonchev–Trinajstić information content (AvgIpc) is 2.44. The first-order valence-corrected chi connectivity index (χ1v) is 7.23. The van der Waals surface area contributed by atoms with Crippen LogP contribution < -0.4 is 4.74 Å². The number of ether oxygens (including phenoxy) is 1. The molecule has 2 nitrogen and oxygen atoms in total. The predicted molar refractivity (Wildman–Crippen MR) is 80.2 cm³/mol. The first kappa shape index (κ1) is 15.9. The lowest BCUT2D eigenvalue weighted by Gasteiger charge is -2.13. The summed E-state index contributed by atoms with van der Waals surface area (Å²) in [5, 5.41) is 9.51. The van der Waals surface area contributed by atoms with E-state index in [1.165, 1.54) is 12.1 Å². The fourth-order valence-electron chi connectivity index (χ4n) is 1.95. The van der Waals surface area contributed by atoms with Gasteiger partial charge in [0.2, 0.25) is 0 Å². The molecule has 2 aromatic carbocycles. The lowest BCUT2D eigenvalue weighted by Crippen LogP contribution is -2.04. The number of hydrogen-bond donors (Lipinski definition) is 1. The molecule has 1 N–H and O–H groups in total. The summed E-state index contributed by atoms with van der Waals surface area (Å²) in [6, 6.07) is 7.70. The van der Waals surface area contributed by atoms with Crippen molar-refractivity contribution in [2.45, 2.75) is 26.6 Å². The van der Waals surface area contributed by atoms with Crippen LogP contribution in [0.25, 0.3) is 0 Å². The van der Waals surface area contributed by atoms with Gasteiger partial charge in [-0.25, -0.2) is 8.78 Å². The minimum Gasteiger partial charge on any atom is -0.488 e. The quantitative estimate of drug-likeness (QED) is 0.806. The maximum atomic E-state index is 13.8. The zero-order chi connectivity index (χ0) is 15.6. The van der Waals surface area contributed by atoms with Gasteiger partial charge in [-0.05, 0) is 65.2 Å². The summed E-state index contributed by atoms with van der Waals surface area (Å²) in [6.45, 7) is 3.28. The van der Waals surface area contributed by atoms with Gasteiger partial charge in [-0.2, -0.15) is 0 Å². The van der Waals surface area contributed by atoms with Crippen LogP contribution in [0.5, 0.6) is 5.75 Å². The zero-order valence-electron chi connectivity index (χ0n) is 11.7. The average molecular weight is 357 g/mol. The van der Waals surface area contributed by atoms with E-state index in [-0.39, 0.29) is 16.6 Å². The van der Waals surface area contributed by atoms with Crippen molar-refractivity contribution in [2.24, 2.45) is 0 Å². The first-order valence-electron chi connectivity index (χ1n) is 6.44. The molecule has 0 aliphatic heterocycles. The Bertz CT molecular complexity index is 657. The summed E-state index contributed by atoms with van der Waals surface area (Å²) in [4.78, 5) is 0. The molecule has 112 valence electrons. The number of rotatable bonds is 4.